The normalized spacial score (nSPS) is 19.3. The number of pyridine rings is 1. The lowest BCUT2D eigenvalue weighted by Gasteiger charge is -2.27. The van der Waals surface area contributed by atoms with Crippen molar-refractivity contribution < 1.29 is 17.9 Å². The molecule has 2 aliphatic heterocycles. The monoisotopic (exact) mass is 457 g/mol. The van der Waals surface area contributed by atoms with Gasteiger partial charge in [-0.3, -0.25) is 14.5 Å². The van der Waals surface area contributed by atoms with E-state index in [0.717, 1.165) is 31.7 Å². The second kappa shape index (κ2) is 9.66. The van der Waals surface area contributed by atoms with Gasteiger partial charge in [-0.15, -0.1) is 0 Å². The van der Waals surface area contributed by atoms with Gasteiger partial charge in [0.1, 0.15) is 17.7 Å². The highest BCUT2D eigenvalue weighted by Gasteiger charge is 2.31. The smallest absolute Gasteiger partial charge is 0.263 e. The number of anilines is 2. The molecule has 1 unspecified atom stereocenters. The van der Waals surface area contributed by atoms with Crippen molar-refractivity contribution >= 4 is 33.3 Å². The van der Waals surface area contributed by atoms with Crippen LogP contribution in [0.15, 0.2) is 52.5 Å². The molecule has 1 fully saturated rings. The van der Waals surface area contributed by atoms with Crippen molar-refractivity contribution in [1.29, 1.82) is 0 Å². The molecular weight excluding hydrogens is 430 g/mol. The summed E-state index contributed by atoms with van der Waals surface area (Å²) in [4.78, 5) is 24.3. The van der Waals surface area contributed by atoms with Gasteiger partial charge in [0.15, 0.2) is 0 Å². The minimum atomic E-state index is -3.66. The first kappa shape index (κ1) is 22.2. The number of aliphatic imine (C=N–C) groups is 1. The summed E-state index contributed by atoms with van der Waals surface area (Å²) in [6.07, 6.45) is 3.82. The minimum absolute atomic E-state index is 0.177. The van der Waals surface area contributed by atoms with E-state index in [1.54, 1.807) is 24.4 Å². The molecule has 2 N–H and O–H groups in total. The van der Waals surface area contributed by atoms with E-state index in [0.29, 0.717) is 30.9 Å². The third kappa shape index (κ3) is 4.91. The molecule has 2 aliphatic rings. The number of morpholine rings is 1. The van der Waals surface area contributed by atoms with Crippen LogP contribution >= 0.6 is 0 Å². The third-order valence-corrected chi connectivity index (χ3v) is 6.83. The Morgan fingerprint density at radius 3 is 2.75 bits per heavy atom. The molecule has 10 heteroatoms. The van der Waals surface area contributed by atoms with Gasteiger partial charge in [0, 0.05) is 18.7 Å². The lowest BCUT2D eigenvalue weighted by molar-refractivity contribution is -0.117. The van der Waals surface area contributed by atoms with Crippen molar-refractivity contribution in [3.63, 3.8) is 0 Å². The second-order valence-corrected chi connectivity index (χ2v) is 9.38. The molecular formula is C22H27N5O4S. The van der Waals surface area contributed by atoms with Crippen LogP contribution in [0.1, 0.15) is 31.7 Å². The van der Waals surface area contributed by atoms with Gasteiger partial charge in [0.25, 0.3) is 10.0 Å². The number of carbonyl (C=O) groups excluding carboxylic acids is 1. The molecule has 1 aromatic carbocycles. The van der Waals surface area contributed by atoms with Crippen molar-refractivity contribution in [3.05, 3.63) is 48.2 Å². The SMILES string of the molecule is CCCCC(N=C1NS(=O)(=O)c2ccccc21)C(=O)Nc1ccc(N2CCOCC2)nc1. The zero-order chi connectivity index (χ0) is 22.6. The maximum absolute atomic E-state index is 13.0. The van der Waals surface area contributed by atoms with Gasteiger partial charge in [0.2, 0.25) is 5.91 Å². The molecule has 0 radical (unpaired) electrons. The Morgan fingerprint density at radius 2 is 2.03 bits per heavy atom. The summed E-state index contributed by atoms with van der Waals surface area (Å²) in [6, 6.07) is 9.59. The Kier molecular flexibility index (Phi) is 6.71. The fourth-order valence-corrected chi connectivity index (χ4v) is 4.94. The molecule has 0 spiro atoms. The maximum Gasteiger partial charge on any atom is 0.263 e. The number of aromatic nitrogens is 1. The lowest BCUT2D eigenvalue weighted by atomic mass is 10.1. The molecule has 2 aromatic rings. The summed E-state index contributed by atoms with van der Waals surface area (Å²) in [5, 5.41) is 2.87. The maximum atomic E-state index is 13.0. The Morgan fingerprint density at radius 1 is 1.25 bits per heavy atom. The number of hydrogen-bond donors (Lipinski definition) is 2. The van der Waals surface area contributed by atoms with Crippen LogP contribution in [0.4, 0.5) is 11.5 Å². The Labute approximate surface area is 188 Å². The van der Waals surface area contributed by atoms with Crippen molar-refractivity contribution in [2.24, 2.45) is 4.99 Å². The Bertz CT molecular complexity index is 1100. The highest BCUT2D eigenvalue weighted by atomic mass is 32.2. The van der Waals surface area contributed by atoms with Crippen LogP contribution < -0.4 is 14.9 Å². The number of fused-ring (bicyclic) bond motifs is 1. The molecule has 0 saturated carbocycles. The van der Waals surface area contributed by atoms with E-state index in [9.17, 15) is 13.2 Å². The number of nitrogens with zero attached hydrogens (tertiary/aromatic N) is 3. The molecule has 1 amide bonds. The lowest BCUT2D eigenvalue weighted by Crippen LogP contribution is -2.36. The van der Waals surface area contributed by atoms with Crippen LogP contribution in [0.2, 0.25) is 0 Å². The standard InChI is InChI=1S/C22H27N5O4S/c1-2-3-7-18(25-21-17-6-4-5-8-19(17)32(29,30)26-21)22(28)24-16-9-10-20(23-15-16)27-11-13-31-14-12-27/h4-6,8-10,15,18H,2-3,7,11-14H2,1H3,(H,24,28)(H,25,26). The van der Waals surface area contributed by atoms with Crippen LogP contribution in [-0.2, 0) is 19.6 Å². The van der Waals surface area contributed by atoms with E-state index < -0.39 is 16.1 Å². The quantitative estimate of drug-likeness (QED) is 0.659. The molecule has 32 heavy (non-hydrogen) atoms. The van der Waals surface area contributed by atoms with Crippen molar-refractivity contribution in [1.82, 2.24) is 9.71 Å². The van der Waals surface area contributed by atoms with E-state index in [-0.39, 0.29) is 16.6 Å². The molecule has 1 saturated heterocycles. The first-order valence-electron chi connectivity index (χ1n) is 10.8. The van der Waals surface area contributed by atoms with Gasteiger partial charge in [-0.25, -0.2) is 13.4 Å². The number of carbonyl (C=O) groups is 1. The summed E-state index contributed by atoms with van der Waals surface area (Å²) in [6.45, 7) is 4.95. The Balaban J connectivity index is 1.51. The number of ether oxygens (including phenoxy) is 1. The summed E-state index contributed by atoms with van der Waals surface area (Å²) in [5.74, 6) is 0.749. The highest BCUT2D eigenvalue weighted by molar-refractivity contribution is 7.90. The van der Waals surface area contributed by atoms with Crippen molar-refractivity contribution in [3.8, 4) is 0 Å². The third-order valence-electron chi connectivity index (χ3n) is 5.43. The van der Waals surface area contributed by atoms with E-state index in [2.05, 4.69) is 24.9 Å². The van der Waals surface area contributed by atoms with Crippen LogP contribution in [-0.4, -0.2) is 57.5 Å². The predicted molar refractivity (Wildman–Crippen MR) is 123 cm³/mol. The molecule has 1 aromatic heterocycles. The van der Waals surface area contributed by atoms with Gasteiger partial charge in [-0.05, 0) is 30.7 Å². The highest BCUT2D eigenvalue weighted by Crippen LogP contribution is 2.23. The summed E-state index contributed by atoms with van der Waals surface area (Å²) < 4.78 is 32.6. The van der Waals surface area contributed by atoms with E-state index >= 15 is 0 Å². The number of rotatable bonds is 7. The van der Waals surface area contributed by atoms with Gasteiger partial charge in [0.05, 0.1) is 30.0 Å². The number of benzene rings is 1. The predicted octanol–water partition coefficient (Wildman–Crippen LogP) is 2.15. The van der Waals surface area contributed by atoms with E-state index in [4.69, 9.17) is 4.74 Å². The molecule has 1 atom stereocenters. The summed E-state index contributed by atoms with van der Waals surface area (Å²) >= 11 is 0. The first-order chi connectivity index (χ1) is 15.5. The Hall–Kier alpha value is -2.98. The fourth-order valence-electron chi connectivity index (χ4n) is 3.70. The average Bonchev–Trinajstić information content (AvgIpc) is 3.07. The molecule has 0 bridgehead atoms. The number of nitrogens with one attached hydrogen (secondary N) is 2. The number of sulfonamides is 1. The number of amides is 1. The summed E-state index contributed by atoms with van der Waals surface area (Å²) in [5.41, 5.74) is 1.06. The molecule has 0 aliphatic carbocycles. The fraction of sp³-hybridized carbons (Fsp3) is 0.409. The zero-order valence-electron chi connectivity index (χ0n) is 18.0. The topological polar surface area (TPSA) is 113 Å². The van der Waals surface area contributed by atoms with Gasteiger partial charge >= 0.3 is 0 Å². The van der Waals surface area contributed by atoms with Crippen molar-refractivity contribution in [2.75, 3.05) is 36.5 Å². The molecule has 9 nitrogen and oxygen atoms in total. The van der Waals surface area contributed by atoms with Crippen LogP contribution in [0.3, 0.4) is 0 Å². The van der Waals surface area contributed by atoms with Crippen LogP contribution in [0, 0.1) is 0 Å². The van der Waals surface area contributed by atoms with E-state index in [1.807, 2.05) is 19.1 Å². The molecule has 3 heterocycles. The number of amidine groups is 1. The second-order valence-electron chi connectivity index (χ2n) is 7.73. The van der Waals surface area contributed by atoms with Crippen LogP contribution in [0.5, 0.6) is 0 Å². The minimum Gasteiger partial charge on any atom is -0.378 e. The van der Waals surface area contributed by atoms with Crippen molar-refractivity contribution in [2.45, 2.75) is 37.1 Å². The summed E-state index contributed by atoms with van der Waals surface area (Å²) in [7, 11) is -3.66. The van der Waals surface area contributed by atoms with Gasteiger partial charge in [-0.2, -0.15) is 0 Å². The first-order valence-corrected chi connectivity index (χ1v) is 12.3. The largest absolute Gasteiger partial charge is 0.378 e. The van der Waals surface area contributed by atoms with E-state index in [1.165, 1.54) is 6.07 Å². The molecule has 170 valence electrons. The van der Waals surface area contributed by atoms with Gasteiger partial charge < -0.3 is 15.0 Å². The zero-order valence-corrected chi connectivity index (χ0v) is 18.8. The average molecular weight is 458 g/mol. The number of hydrogen-bond acceptors (Lipinski definition) is 7. The van der Waals surface area contributed by atoms with Crippen LogP contribution in [0.25, 0.3) is 0 Å². The molecule has 4 rings (SSSR count). The van der Waals surface area contributed by atoms with Gasteiger partial charge in [-0.1, -0.05) is 31.9 Å². The number of unbranched alkanes of at least 4 members (excludes halogenated alkanes) is 1.